The molecule has 3 fully saturated rings. The van der Waals surface area contributed by atoms with Gasteiger partial charge in [0.05, 0.1) is 43.9 Å². The van der Waals surface area contributed by atoms with Crippen LogP contribution in [0.2, 0.25) is 0 Å². The van der Waals surface area contributed by atoms with Crippen molar-refractivity contribution in [3.8, 4) is 0 Å². The molecule has 0 spiro atoms. The molecule has 77 heavy (non-hydrogen) atoms. The van der Waals surface area contributed by atoms with E-state index in [2.05, 4.69) is 31.9 Å². The van der Waals surface area contributed by atoms with Crippen LogP contribution in [-0.4, -0.2) is 196 Å². The van der Waals surface area contributed by atoms with Crippen molar-refractivity contribution in [2.75, 3.05) is 33.3 Å². The third kappa shape index (κ3) is 20.7. The molecule has 6 amide bonds. The molecule has 25 nitrogen and oxygen atoms in total. The predicted molar refractivity (Wildman–Crippen MR) is 278 cm³/mol. The molecule has 2 heterocycles. The molecule has 2 aliphatic carbocycles. The van der Waals surface area contributed by atoms with Gasteiger partial charge in [0.1, 0.15) is 63.8 Å². The maximum absolute atomic E-state index is 14.0. The molecule has 0 aromatic carbocycles. The van der Waals surface area contributed by atoms with E-state index in [1.54, 1.807) is 110 Å². The molecule has 1 unspecified atom stereocenters. The first-order valence-electron chi connectivity index (χ1n) is 26.4. The van der Waals surface area contributed by atoms with Crippen molar-refractivity contribution in [2.24, 2.45) is 11.8 Å². The summed E-state index contributed by atoms with van der Waals surface area (Å²) in [5, 5.41) is 64.8. The second-order valence-corrected chi connectivity index (χ2v) is 25.8. The summed E-state index contributed by atoms with van der Waals surface area (Å²) in [4.78, 5) is 80.6. The Bertz CT molecular complexity index is 2070. The van der Waals surface area contributed by atoms with Crippen molar-refractivity contribution in [2.45, 2.75) is 237 Å². The lowest BCUT2D eigenvalue weighted by Gasteiger charge is -2.52. The maximum atomic E-state index is 14.0. The lowest BCUT2D eigenvalue weighted by molar-refractivity contribution is -0.305. The van der Waals surface area contributed by atoms with Crippen molar-refractivity contribution in [3.63, 3.8) is 0 Å². The number of hydrogen-bond donors (Lipinski definition) is 10. The van der Waals surface area contributed by atoms with Crippen molar-refractivity contribution in [1.82, 2.24) is 36.8 Å². The van der Waals surface area contributed by atoms with Crippen LogP contribution < -0.4 is 31.9 Å². The van der Waals surface area contributed by atoms with Gasteiger partial charge in [-0.15, -0.1) is 0 Å². The molecule has 0 aromatic rings. The summed E-state index contributed by atoms with van der Waals surface area (Å²) < 4.78 is 46.7. The second-order valence-electron chi connectivity index (χ2n) is 25.8. The highest BCUT2D eigenvalue weighted by atomic mass is 16.7. The van der Waals surface area contributed by atoms with E-state index in [1.807, 2.05) is 0 Å². The number of hydrogen-bond acceptors (Lipinski definition) is 19. The third-order valence-electron chi connectivity index (χ3n) is 12.5. The van der Waals surface area contributed by atoms with Gasteiger partial charge in [0.25, 0.3) is 5.91 Å². The van der Waals surface area contributed by atoms with Crippen LogP contribution in [0.1, 0.15) is 136 Å². The van der Waals surface area contributed by atoms with Gasteiger partial charge in [0.2, 0.25) is 0 Å². The first-order chi connectivity index (χ1) is 35.1. The van der Waals surface area contributed by atoms with Gasteiger partial charge in [0, 0.05) is 25.0 Å². The normalized spacial score (nSPS) is 30.3. The van der Waals surface area contributed by atoms with E-state index in [0.29, 0.717) is 25.1 Å². The van der Waals surface area contributed by atoms with Gasteiger partial charge in [-0.1, -0.05) is 0 Å². The number of aliphatic hydroxyl groups excluding tert-OH is 3. The number of ether oxygens (including phenoxy) is 8. The molecular formula is C52H91N7O18. The Morgan fingerprint density at radius 2 is 1.21 bits per heavy atom. The molecular weight excluding hydrogens is 1010 g/mol. The van der Waals surface area contributed by atoms with Crippen LogP contribution in [-0.2, 0) is 42.7 Å². The Labute approximate surface area is 453 Å². The molecule has 0 aromatic heterocycles. The fourth-order valence-electron chi connectivity index (χ4n) is 9.45. The average Bonchev–Trinajstić information content (AvgIpc) is 3.21. The molecule has 25 heteroatoms. The van der Waals surface area contributed by atoms with Gasteiger partial charge < -0.3 is 95.1 Å². The first kappa shape index (κ1) is 64.6. The SMILES string of the molecule is CN(C(=O)OC(C)(C)C)[C@@H]1[C@@H](O)[C@@H](O[C@@H]2[C@@H](O)[C@H](C3OC(CNCC4CC(NC(=O)OC(C)(C)C)C4)=CC[C@H]3NC(=O)OC(C)(C)C)[C@@H](NC(=O)OC(C)(C)C)C[C@H]2NC(=O)[C@@H](O)CNC(=O)OC(C)(C)C)OC[C@]1(C)O. The van der Waals surface area contributed by atoms with Gasteiger partial charge in [0.15, 0.2) is 6.29 Å². The Morgan fingerprint density at radius 1 is 0.701 bits per heavy atom. The standard InChI is InChI=1S/C52H91N7O18/c1-47(2,3)73-42(64)54-25-33(60)40(63)56-32-22-31(58-45(67)76-50(10,11)12)34(35(61)38(32)72-41-36(62)39(52(16,69)26-70-41)59(17)46(68)77-51(13,14)15)37-30(57-44(66)75-49(7,8)9)19-18-29(71-37)24-53-23-27-20-28(21-27)55-43(65)74-48(4,5)6/h18,27-28,30-39,41,53,60-62,69H,19-26H2,1-17H3,(H,54,64)(H,55,65)(H,56,63)(H,57,66)(H,58,67)/t27?,28?,30-,31+,32-,33+,34-,35+,36-,37?,38+,39-,41-,52+/m1/s1. The monoisotopic (exact) mass is 1100 g/mol. The molecule has 442 valence electrons. The lowest BCUT2D eigenvalue weighted by atomic mass is 9.72. The zero-order chi connectivity index (χ0) is 58.4. The number of aliphatic hydroxyl groups is 4. The fraction of sp³-hybridized carbons (Fsp3) is 0.846. The molecule has 2 aliphatic heterocycles. The molecule has 12 atom stereocenters. The van der Waals surface area contributed by atoms with E-state index < -0.39 is 150 Å². The summed E-state index contributed by atoms with van der Waals surface area (Å²) in [6.07, 6.45) is -11.1. The van der Waals surface area contributed by atoms with Crippen molar-refractivity contribution in [1.29, 1.82) is 0 Å². The maximum Gasteiger partial charge on any atom is 0.410 e. The van der Waals surface area contributed by atoms with E-state index in [-0.39, 0.29) is 31.3 Å². The summed E-state index contributed by atoms with van der Waals surface area (Å²) >= 11 is 0. The highest BCUT2D eigenvalue weighted by Gasteiger charge is 2.57. The fourth-order valence-corrected chi connectivity index (χ4v) is 9.45. The van der Waals surface area contributed by atoms with E-state index in [0.717, 1.165) is 4.90 Å². The topological polar surface area (TPSA) is 333 Å². The summed E-state index contributed by atoms with van der Waals surface area (Å²) in [6, 6.07) is -4.98. The molecule has 4 aliphatic rings. The minimum absolute atomic E-state index is 0.0564. The highest BCUT2D eigenvalue weighted by Crippen LogP contribution is 2.39. The number of likely N-dealkylation sites (N-methyl/N-ethyl adjacent to an activating group) is 1. The van der Waals surface area contributed by atoms with Crippen LogP contribution >= 0.6 is 0 Å². The Balaban J connectivity index is 1.75. The van der Waals surface area contributed by atoms with Crippen molar-refractivity contribution >= 4 is 36.4 Å². The van der Waals surface area contributed by atoms with Gasteiger partial charge in [-0.3, -0.25) is 4.79 Å². The molecule has 4 rings (SSSR count). The Morgan fingerprint density at radius 3 is 1.74 bits per heavy atom. The van der Waals surface area contributed by atoms with Gasteiger partial charge >= 0.3 is 30.5 Å². The average molecular weight is 1100 g/mol. The summed E-state index contributed by atoms with van der Waals surface area (Å²) in [5.74, 6) is -1.69. The smallest absolute Gasteiger partial charge is 0.410 e. The zero-order valence-corrected chi connectivity index (χ0v) is 48.2. The minimum atomic E-state index is -1.90. The van der Waals surface area contributed by atoms with E-state index in [4.69, 9.17) is 37.9 Å². The van der Waals surface area contributed by atoms with Crippen molar-refractivity contribution < 1.29 is 87.1 Å². The lowest BCUT2D eigenvalue weighted by Crippen LogP contribution is -2.71. The quantitative estimate of drug-likeness (QED) is 0.105. The summed E-state index contributed by atoms with van der Waals surface area (Å²) in [6.45, 7) is 26.2. The van der Waals surface area contributed by atoms with Crippen LogP contribution in [0.25, 0.3) is 0 Å². The number of carbonyl (C=O) groups excluding carboxylic acids is 6. The Kier molecular flexibility index (Phi) is 21.4. The van der Waals surface area contributed by atoms with Crippen LogP contribution in [0.5, 0.6) is 0 Å². The molecule has 0 bridgehead atoms. The third-order valence-corrected chi connectivity index (χ3v) is 12.5. The molecule has 10 N–H and O–H groups in total. The van der Waals surface area contributed by atoms with Crippen LogP contribution in [0, 0.1) is 11.8 Å². The molecule has 2 saturated carbocycles. The number of carbonyl (C=O) groups is 6. The summed E-state index contributed by atoms with van der Waals surface area (Å²) in [7, 11) is 1.32. The largest absolute Gasteiger partial charge is 0.491 e. The van der Waals surface area contributed by atoms with E-state index in [9.17, 15) is 49.2 Å². The van der Waals surface area contributed by atoms with Gasteiger partial charge in [-0.05, 0) is 155 Å². The zero-order valence-electron chi connectivity index (χ0n) is 48.2. The number of alkyl carbamates (subject to hydrolysis) is 4. The number of nitrogens with zero attached hydrogens (tertiary/aromatic N) is 1. The molecule has 1 saturated heterocycles. The van der Waals surface area contributed by atoms with Crippen LogP contribution in [0.15, 0.2) is 11.8 Å². The predicted octanol–water partition coefficient (Wildman–Crippen LogP) is 3.18. The first-order valence-corrected chi connectivity index (χ1v) is 26.4. The van der Waals surface area contributed by atoms with Crippen molar-refractivity contribution in [3.05, 3.63) is 11.8 Å². The minimum Gasteiger partial charge on any atom is -0.491 e. The Hall–Kier alpha value is -4.92. The van der Waals surface area contributed by atoms with Gasteiger partial charge in [-0.2, -0.15) is 0 Å². The second kappa shape index (κ2) is 25.5. The number of nitrogens with one attached hydrogen (secondary N) is 6. The summed E-state index contributed by atoms with van der Waals surface area (Å²) in [5.41, 5.74) is -6.31. The van der Waals surface area contributed by atoms with E-state index >= 15 is 0 Å². The molecule has 0 radical (unpaired) electrons. The van der Waals surface area contributed by atoms with E-state index in [1.165, 1.54) is 14.0 Å². The van der Waals surface area contributed by atoms with Crippen LogP contribution in [0.3, 0.4) is 0 Å². The highest BCUT2D eigenvalue weighted by molar-refractivity contribution is 5.82. The number of amides is 6. The van der Waals surface area contributed by atoms with Gasteiger partial charge in [-0.25, -0.2) is 24.0 Å². The van der Waals surface area contributed by atoms with Crippen LogP contribution in [0.4, 0.5) is 24.0 Å². The number of rotatable bonds is 15.